The van der Waals surface area contributed by atoms with Crippen LogP contribution in [-0.4, -0.2) is 20.5 Å². The quantitative estimate of drug-likeness (QED) is 0.927. The van der Waals surface area contributed by atoms with Gasteiger partial charge in [0.2, 0.25) is 0 Å². The highest BCUT2D eigenvalue weighted by molar-refractivity contribution is 9.10. The van der Waals surface area contributed by atoms with Gasteiger partial charge in [0.15, 0.2) is 0 Å². The molecule has 0 saturated heterocycles. The second-order valence-electron chi connectivity index (χ2n) is 3.64. The van der Waals surface area contributed by atoms with Gasteiger partial charge in [0.1, 0.15) is 5.75 Å². The van der Waals surface area contributed by atoms with Crippen LogP contribution in [0.4, 0.5) is 5.69 Å². The molecule has 0 atom stereocenters. The summed E-state index contributed by atoms with van der Waals surface area (Å²) < 4.78 is 32.6. The number of methoxy groups -OCH3 is 1. The van der Waals surface area contributed by atoms with Gasteiger partial charge < -0.3 is 4.74 Å². The van der Waals surface area contributed by atoms with Gasteiger partial charge in [-0.2, -0.15) is 0 Å². The standard InChI is InChI=1S/C12H11BrN2O3S/c1-18-12-8-10(2-3-11(12)13)19(16,17)15-9-4-6-14-7-5-9/h2-8H,1H3,(H,14,15). The van der Waals surface area contributed by atoms with Gasteiger partial charge in [0.05, 0.1) is 22.2 Å². The zero-order chi connectivity index (χ0) is 13.9. The summed E-state index contributed by atoms with van der Waals surface area (Å²) in [5.41, 5.74) is 0.455. The third-order valence-corrected chi connectivity index (χ3v) is 4.40. The Balaban J connectivity index is 2.35. The molecule has 19 heavy (non-hydrogen) atoms. The van der Waals surface area contributed by atoms with Crippen molar-refractivity contribution in [1.29, 1.82) is 0 Å². The van der Waals surface area contributed by atoms with Crippen LogP contribution in [0.5, 0.6) is 5.75 Å². The van der Waals surface area contributed by atoms with E-state index < -0.39 is 10.0 Å². The van der Waals surface area contributed by atoms with Gasteiger partial charge in [-0.3, -0.25) is 9.71 Å². The molecular weight excluding hydrogens is 332 g/mol. The van der Waals surface area contributed by atoms with Crippen molar-refractivity contribution in [2.75, 3.05) is 11.8 Å². The minimum atomic E-state index is -3.64. The maximum atomic E-state index is 12.2. The summed E-state index contributed by atoms with van der Waals surface area (Å²) in [7, 11) is -2.16. The summed E-state index contributed by atoms with van der Waals surface area (Å²) in [6, 6.07) is 7.73. The summed E-state index contributed by atoms with van der Waals surface area (Å²) in [6.45, 7) is 0. The van der Waals surface area contributed by atoms with E-state index in [0.29, 0.717) is 15.9 Å². The van der Waals surface area contributed by atoms with Gasteiger partial charge in [-0.05, 0) is 40.2 Å². The number of nitrogens with one attached hydrogen (secondary N) is 1. The summed E-state index contributed by atoms with van der Waals surface area (Å²) in [5, 5.41) is 0. The molecule has 0 aliphatic heterocycles. The molecule has 2 aromatic rings. The highest BCUT2D eigenvalue weighted by Gasteiger charge is 2.16. The molecule has 0 aliphatic rings. The monoisotopic (exact) mass is 342 g/mol. The predicted molar refractivity (Wildman–Crippen MR) is 75.7 cm³/mol. The van der Waals surface area contributed by atoms with Crippen LogP contribution in [-0.2, 0) is 10.0 Å². The van der Waals surface area contributed by atoms with E-state index in [-0.39, 0.29) is 4.90 Å². The SMILES string of the molecule is COc1cc(S(=O)(=O)Nc2ccncc2)ccc1Br. The van der Waals surface area contributed by atoms with Crippen molar-refractivity contribution >= 4 is 31.6 Å². The first-order valence-electron chi connectivity index (χ1n) is 5.29. The largest absolute Gasteiger partial charge is 0.496 e. The van der Waals surface area contributed by atoms with Gasteiger partial charge in [0.25, 0.3) is 10.0 Å². The lowest BCUT2D eigenvalue weighted by Gasteiger charge is -2.09. The van der Waals surface area contributed by atoms with Crippen LogP contribution in [0.2, 0.25) is 0 Å². The normalized spacial score (nSPS) is 11.1. The van der Waals surface area contributed by atoms with Crippen LogP contribution < -0.4 is 9.46 Å². The summed E-state index contributed by atoms with van der Waals surface area (Å²) >= 11 is 3.28. The minimum Gasteiger partial charge on any atom is -0.496 e. The van der Waals surface area contributed by atoms with Gasteiger partial charge in [0, 0.05) is 18.5 Å². The average molecular weight is 343 g/mol. The number of rotatable bonds is 4. The number of ether oxygens (including phenoxy) is 1. The van der Waals surface area contributed by atoms with Crippen molar-refractivity contribution in [2.24, 2.45) is 0 Å². The average Bonchev–Trinajstić information content (AvgIpc) is 2.39. The molecule has 0 amide bonds. The van der Waals surface area contributed by atoms with Crippen molar-refractivity contribution < 1.29 is 13.2 Å². The molecule has 100 valence electrons. The predicted octanol–water partition coefficient (Wildman–Crippen LogP) is 2.65. The number of halogens is 1. The summed E-state index contributed by atoms with van der Waals surface area (Å²) in [6.07, 6.45) is 3.03. The smallest absolute Gasteiger partial charge is 0.262 e. The number of aromatic nitrogens is 1. The van der Waals surface area contributed by atoms with Gasteiger partial charge in [-0.1, -0.05) is 0 Å². The number of anilines is 1. The topological polar surface area (TPSA) is 68.3 Å². The van der Waals surface area contributed by atoms with E-state index >= 15 is 0 Å². The maximum absolute atomic E-state index is 12.2. The van der Waals surface area contributed by atoms with Gasteiger partial charge in [-0.15, -0.1) is 0 Å². The first-order valence-corrected chi connectivity index (χ1v) is 7.57. The highest BCUT2D eigenvalue weighted by atomic mass is 79.9. The van der Waals surface area contributed by atoms with Crippen molar-refractivity contribution in [1.82, 2.24) is 4.98 Å². The number of pyridine rings is 1. The van der Waals surface area contributed by atoms with Crippen molar-refractivity contribution in [3.05, 3.63) is 47.2 Å². The molecule has 0 saturated carbocycles. The lowest BCUT2D eigenvalue weighted by atomic mass is 10.3. The third kappa shape index (κ3) is 3.24. The van der Waals surface area contributed by atoms with E-state index in [1.807, 2.05) is 0 Å². The fourth-order valence-electron chi connectivity index (χ4n) is 1.44. The first-order chi connectivity index (χ1) is 9.03. The molecule has 0 bridgehead atoms. The van der Waals surface area contributed by atoms with Crippen molar-refractivity contribution in [3.63, 3.8) is 0 Å². The molecule has 1 aromatic carbocycles. The highest BCUT2D eigenvalue weighted by Crippen LogP contribution is 2.28. The number of nitrogens with zero attached hydrogens (tertiary/aromatic N) is 1. The van der Waals surface area contributed by atoms with Crippen LogP contribution in [0.3, 0.4) is 0 Å². The number of hydrogen-bond acceptors (Lipinski definition) is 4. The molecule has 0 aliphatic carbocycles. The first kappa shape index (κ1) is 13.8. The molecule has 1 N–H and O–H groups in total. The minimum absolute atomic E-state index is 0.129. The van der Waals surface area contributed by atoms with Crippen LogP contribution >= 0.6 is 15.9 Å². The van der Waals surface area contributed by atoms with Crippen LogP contribution in [0.15, 0.2) is 52.1 Å². The van der Waals surface area contributed by atoms with Crippen LogP contribution in [0.1, 0.15) is 0 Å². The molecule has 1 aromatic heterocycles. The van der Waals surface area contributed by atoms with Crippen molar-refractivity contribution in [3.8, 4) is 5.75 Å². The number of benzene rings is 1. The third-order valence-electron chi connectivity index (χ3n) is 2.37. The van der Waals surface area contributed by atoms with E-state index in [0.717, 1.165) is 0 Å². The Bertz CT molecular complexity index is 675. The zero-order valence-corrected chi connectivity index (χ0v) is 12.4. The van der Waals surface area contributed by atoms with E-state index in [4.69, 9.17) is 4.74 Å². The Kier molecular flexibility index (Phi) is 4.06. The lowest BCUT2D eigenvalue weighted by Crippen LogP contribution is -2.13. The van der Waals surface area contributed by atoms with Gasteiger partial charge in [-0.25, -0.2) is 8.42 Å². The molecule has 5 nitrogen and oxygen atoms in total. The molecule has 1 heterocycles. The Morgan fingerprint density at radius 3 is 2.53 bits per heavy atom. The summed E-state index contributed by atoms with van der Waals surface area (Å²) in [5.74, 6) is 0.456. The fraction of sp³-hybridized carbons (Fsp3) is 0.0833. The van der Waals surface area contributed by atoms with Crippen molar-refractivity contribution in [2.45, 2.75) is 4.90 Å². The Morgan fingerprint density at radius 2 is 1.89 bits per heavy atom. The Labute approximate surface area is 119 Å². The Morgan fingerprint density at radius 1 is 1.21 bits per heavy atom. The second kappa shape index (κ2) is 5.58. The van der Waals surface area contributed by atoms with Crippen LogP contribution in [0.25, 0.3) is 0 Å². The summed E-state index contributed by atoms with van der Waals surface area (Å²) in [4.78, 5) is 3.96. The molecule has 0 unspecified atom stereocenters. The molecular formula is C12H11BrN2O3S. The van der Waals surface area contributed by atoms with E-state index in [2.05, 4.69) is 25.6 Å². The Hall–Kier alpha value is -1.60. The maximum Gasteiger partial charge on any atom is 0.262 e. The van der Waals surface area contributed by atoms with E-state index in [9.17, 15) is 8.42 Å². The fourth-order valence-corrected chi connectivity index (χ4v) is 2.92. The molecule has 2 rings (SSSR count). The molecule has 0 radical (unpaired) electrons. The van der Waals surface area contributed by atoms with E-state index in [1.54, 1.807) is 18.2 Å². The molecule has 0 spiro atoms. The number of sulfonamides is 1. The lowest BCUT2D eigenvalue weighted by molar-refractivity contribution is 0.411. The van der Waals surface area contributed by atoms with E-state index in [1.165, 1.54) is 31.6 Å². The molecule has 7 heteroatoms. The van der Waals surface area contributed by atoms with Gasteiger partial charge >= 0.3 is 0 Å². The second-order valence-corrected chi connectivity index (χ2v) is 6.17. The van der Waals surface area contributed by atoms with Crippen LogP contribution in [0, 0.1) is 0 Å². The molecule has 0 fully saturated rings. The zero-order valence-electron chi connectivity index (χ0n) is 10.00. The number of hydrogen-bond donors (Lipinski definition) is 1.